The number of methoxy groups -OCH3 is 1. The van der Waals surface area contributed by atoms with Crippen LogP contribution in [-0.4, -0.2) is 35.5 Å². The largest absolute Gasteiger partial charge is 0.481 e. The molecular formula is C11H16ClN3O. The predicted molar refractivity (Wildman–Crippen MR) is 64.4 cm³/mol. The maximum Gasteiger partial charge on any atom is 0.221 e. The van der Waals surface area contributed by atoms with Gasteiger partial charge in [0, 0.05) is 13.1 Å². The van der Waals surface area contributed by atoms with Gasteiger partial charge >= 0.3 is 0 Å². The van der Waals surface area contributed by atoms with Crippen molar-refractivity contribution >= 4 is 17.4 Å². The van der Waals surface area contributed by atoms with E-state index in [1.165, 1.54) is 0 Å². The molecule has 1 aliphatic rings. The fourth-order valence-corrected chi connectivity index (χ4v) is 2.39. The van der Waals surface area contributed by atoms with Gasteiger partial charge in [-0.1, -0.05) is 0 Å². The molecule has 0 N–H and O–H groups in total. The summed E-state index contributed by atoms with van der Waals surface area (Å²) in [6.07, 6.45) is 3.73. The van der Waals surface area contributed by atoms with E-state index in [-0.39, 0.29) is 5.38 Å². The molecule has 5 heteroatoms. The number of alkyl halides is 1. The second kappa shape index (κ2) is 4.87. The molecule has 0 aliphatic carbocycles. The van der Waals surface area contributed by atoms with E-state index in [9.17, 15) is 0 Å². The molecule has 1 unspecified atom stereocenters. The fraction of sp³-hybridized carbons (Fsp3) is 0.636. The van der Waals surface area contributed by atoms with Gasteiger partial charge in [0.25, 0.3) is 0 Å². The molecule has 0 bridgehead atoms. The molecular weight excluding hydrogens is 226 g/mol. The Labute approximate surface area is 101 Å². The molecule has 88 valence electrons. The average Bonchev–Trinajstić information content (AvgIpc) is 2.29. The van der Waals surface area contributed by atoms with Crippen molar-refractivity contribution in [2.45, 2.75) is 25.1 Å². The van der Waals surface area contributed by atoms with Crippen LogP contribution in [-0.2, 0) is 0 Å². The summed E-state index contributed by atoms with van der Waals surface area (Å²) >= 11 is 6.17. The molecule has 16 heavy (non-hydrogen) atoms. The molecule has 0 radical (unpaired) electrons. The molecule has 1 aliphatic heterocycles. The van der Waals surface area contributed by atoms with Crippen LogP contribution in [0.1, 0.15) is 18.4 Å². The lowest BCUT2D eigenvalue weighted by molar-refractivity contribution is 0.393. The number of hydrogen-bond acceptors (Lipinski definition) is 4. The van der Waals surface area contributed by atoms with Crippen LogP contribution in [0.25, 0.3) is 0 Å². The standard InChI is InChI=1S/C11H16ClN3O/c1-8-10(13-7-14-11(8)16-2)15-5-3-4-9(12)6-15/h7,9H,3-6H2,1-2H3. The molecule has 4 nitrogen and oxygen atoms in total. The summed E-state index contributed by atoms with van der Waals surface area (Å²) in [7, 11) is 1.62. The Hall–Kier alpha value is -1.03. The summed E-state index contributed by atoms with van der Waals surface area (Å²) in [5.74, 6) is 1.58. The fourth-order valence-electron chi connectivity index (χ4n) is 2.07. The van der Waals surface area contributed by atoms with Crippen LogP contribution in [0.4, 0.5) is 5.82 Å². The number of ether oxygens (including phenoxy) is 1. The van der Waals surface area contributed by atoms with Crippen molar-refractivity contribution < 1.29 is 4.74 Å². The van der Waals surface area contributed by atoms with E-state index < -0.39 is 0 Å². The maximum atomic E-state index is 6.17. The topological polar surface area (TPSA) is 38.3 Å². The number of piperidine rings is 1. The molecule has 1 atom stereocenters. The molecule has 1 aromatic rings. The minimum absolute atomic E-state index is 0.217. The van der Waals surface area contributed by atoms with Crippen molar-refractivity contribution in [3.05, 3.63) is 11.9 Å². The highest BCUT2D eigenvalue weighted by Gasteiger charge is 2.21. The van der Waals surface area contributed by atoms with Crippen LogP contribution < -0.4 is 9.64 Å². The Kier molecular flexibility index (Phi) is 3.49. The highest BCUT2D eigenvalue weighted by atomic mass is 35.5. The van der Waals surface area contributed by atoms with Crippen LogP contribution in [0.2, 0.25) is 0 Å². The summed E-state index contributed by atoms with van der Waals surface area (Å²) in [4.78, 5) is 10.6. The normalized spacial score (nSPS) is 20.9. The number of anilines is 1. The molecule has 1 aromatic heterocycles. The summed E-state index contributed by atoms with van der Waals surface area (Å²) in [6, 6.07) is 0. The van der Waals surface area contributed by atoms with E-state index in [0.717, 1.165) is 37.3 Å². The van der Waals surface area contributed by atoms with Gasteiger partial charge in [-0.05, 0) is 19.8 Å². The predicted octanol–water partition coefficient (Wildman–Crippen LogP) is 2.00. The van der Waals surface area contributed by atoms with Crippen LogP contribution in [0.5, 0.6) is 5.88 Å². The Morgan fingerprint density at radius 2 is 2.31 bits per heavy atom. The zero-order valence-electron chi connectivity index (χ0n) is 9.61. The van der Waals surface area contributed by atoms with Crippen molar-refractivity contribution in [1.82, 2.24) is 9.97 Å². The number of nitrogens with zero attached hydrogens (tertiary/aromatic N) is 3. The molecule has 0 amide bonds. The van der Waals surface area contributed by atoms with E-state index in [4.69, 9.17) is 16.3 Å². The summed E-state index contributed by atoms with van der Waals surface area (Å²) < 4.78 is 5.19. The van der Waals surface area contributed by atoms with Gasteiger partial charge in [-0.25, -0.2) is 9.97 Å². The monoisotopic (exact) mass is 241 g/mol. The van der Waals surface area contributed by atoms with E-state index >= 15 is 0 Å². The minimum atomic E-state index is 0.217. The Bertz CT molecular complexity index is 372. The van der Waals surface area contributed by atoms with Gasteiger partial charge in [-0.15, -0.1) is 11.6 Å². The molecule has 1 saturated heterocycles. The van der Waals surface area contributed by atoms with Crippen molar-refractivity contribution in [1.29, 1.82) is 0 Å². The molecule has 0 saturated carbocycles. The minimum Gasteiger partial charge on any atom is -0.481 e. The Morgan fingerprint density at radius 1 is 1.50 bits per heavy atom. The van der Waals surface area contributed by atoms with Gasteiger partial charge < -0.3 is 9.64 Å². The lowest BCUT2D eigenvalue weighted by Gasteiger charge is -2.31. The highest BCUT2D eigenvalue weighted by Crippen LogP contribution is 2.27. The SMILES string of the molecule is COc1ncnc(N2CCCC(Cl)C2)c1C. The molecule has 2 rings (SSSR count). The summed E-state index contributed by atoms with van der Waals surface area (Å²) in [6.45, 7) is 3.83. The number of aromatic nitrogens is 2. The third-order valence-corrected chi connectivity index (χ3v) is 3.22. The van der Waals surface area contributed by atoms with Crippen molar-refractivity contribution in [2.75, 3.05) is 25.1 Å². The van der Waals surface area contributed by atoms with E-state index in [2.05, 4.69) is 14.9 Å². The van der Waals surface area contributed by atoms with Gasteiger partial charge in [0.15, 0.2) is 0 Å². The molecule has 2 heterocycles. The lowest BCUT2D eigenvalue weighted by atomic mass is 10.1. The smallest absolute Gasteiger partial charge is 0.221 e. The summed E-state index contributed by atoms with van der Waals surface area (Å²) in [5.41, 5.74) is 0.982. The number of rotatable bonds is 2. The second-order valence-corrected chi connectivity index (χ2v) is 4.63. The highest BCUT2D eigenvalue weighted by molar-refractivity contribution is 6.21. The van der Waals surface area contributed by atoms with Gasteiger partial charge in [0.05, 0.1) is 18.1 Å². The van der Waals surface area contributed by atoms with E-state index in [1.54, 1.807) is 13.4 Å². The first-order valence-electron chi connectivity index (χ1n) is 5.47. The van der Waals surface area contributed by atoms with Gasteiger partial charge in [0.2, 0.25) is 5.88 Å². The van der Waals surface area contributed by atoms with Crippen LogP contribution in [0, 0.1) is 6.92 Å². The number of hydrogen-bond donors (Lipinski definition) is 0. The van der Waals surface area contributed by atoms with E-state index in [1.807, 2.05) is 6.92 Å². The zero-order chi connectivity index (χ0) is 11.5. The van der Waals surface area contributed by atoms with Crippen LogP contribution >= 0.6 is 11.6 Å². The quantitative estimate of drug-likeness (QED) is 0.743. The maximum absolute atomic E-state index is 6.17. The van der Waals surface area contributed by atoms with Crippen molar-refractivity contribution in [2.24, 2.45) is 0 Å². The second-order valence-electron chi connectivity index (χ2n) is 4.02. The van der Waals surface area contributed by atoms with Gasteiger partial charge in [-0.2, -0.15) is 0 Å². The zero-order valence-corrected chi connectivity index (χ0v) is 10.4. The van der Waals surface area contributed by atoms with Gasteiger partial charge in [0.1, 0.15) is 12.1 Å². The Balaban J connectivity index is 2.25. The summed E-state index contributed by atoms with van der Waals surface area (Å²) in [5, 5.41) is 0.217. The van der Waals surface area contributed by atoms with Crippen LogP contribution in [0.15, 0.2) is 6.33 Å². The van der Waals surface area contributed by atoms with Crippen molar-refractivity contribution in [3.8, 4) is 5.88 Å². The van der Waals surface area contributed by atoms with Crippen molar-refractivity contribution in [3.63, 3.8) is 0 Å². The van der Waals surface area contributed by atoms with Crippen LogP contribution in [0.3, 0.4) is 0 Å². The average molecular weight is 242 g/mol. The number of halogens is 1. The van der Waals surface area contributed by atoms with E-state index in [0.29, 0.717) is 5.88 Å². The third-order valence-electron chi connectivity index (χ3n) is 2.87. The first-order valence-corrected chi connectivity index (χ1v) is 5.90. The third kappa shape index (κ3) is 2.21. The van der Waals surface area contributed by atoms with Gasteiger partial charge in [-0.3, -0.25) is 0 Å². The molecule has 0 spiro atoms. The molecule has 1 fully saturated rings. The lowest BCUT2D eigenvalue weighted by Crippen LogP contribution is -2.37. The Morgan fingerprint density at radius 3 is 3.00 bits per heavy atom. The first-order chi connectivity index (χ1) is 7.72. The molecule has 0 aromatic carbocycles. The first kappa shape index (κ1) is 11.5.